The summed E-state index contributed by atoms with van der Waals surface area (Å²) in [5.41, 5.74) is 4.43. The zero-order valence-electron chi connectivity index (χ0n) is 19.1. The number of methoxy groups -OCH3 is 1. The summed E-state index contributed by atoms with van der Waals surface area (Å²) >= 11 is 5.97. The van der Waals surface area contributed by atoms with Gasteiger partial charge < -0.3 is 24.6 Å². The lowest BCUT2D eigenvalue weighted by Crippen LogP contribution is -2.16. The largest absolute Gasteiger partial charge is 0.494 e. The maximum atomic E-state index is 10.9. The lowest BCUT2D eigenvalue weighted by Gasteiger charge is -2.19. The summed E-state index contributed by atoms with van der Waals surface area (Å²) in [5.74, 6) is 1.69. The number of anilines is 3. The van der Waals surface area contributed by atoms with E-state index in [0.29, 0.717) is 23.3 Å². The van der Waals surface area contributed by atoms with E-state index < -0.39 is 6.10 Å². The minimum Gasteiger partial charge on any atom is -0.494 e. The Morgan fingerprint density at radius 1 is 1.15 bits per heavy atom. The van der Waals surface area contributed by atoms with Crippen LogP contribution < -0.4 is 15.0 Å². The highest BCUT2D eigenvalue weighted by Crippen LogP contribution is 2.41. The molecule has 0 bridgehead atoms. The van der Waals surface area contributed by atoms with Gasteiger partial charge in [0.2, 0.25) is 5.95 Å². The Morgan fingerprint density at radius 2 is 1.94 bits per heavy atom. The van der Waals surface area contributed by atoms with Crippen LogP contribution in [0.25, 0.3) is 5.69 Å². The standard InChI is InChI=1S/C25H25ClN6O2/c1-31(2)24-17-12-19(33)22(15-7-5-4-6-8-15)23(17)29-25(30-24)28-16-9-10-18(20(11-16)34-3)32-13-21(26)27-14-32/h4-11,13-14,19,22,33H,12H2,1-3H3,(H,28,29,30). The van der Waals surface area contributed by atoms with Gasteiger partial charge in [0.05, 0.1) is 30.5 Å². The number of fused-ring (bicyclic) bond motifs is 1. The molecule has 4 aromatic rings. The quantitative estimate of drug-likeness (QED) is 0.431. The Bertz CT molecular complexity index is 1320. The first-order chi connectivity index (χ1) is 16.4. The first-order valence-corrected chi connectivity index (χ1v) is 11.3. The molecule has 8 nitrogen and oxygen atoms in total. The van der Waals surface area contributed by atoms with E-state index >= 15 is 0 Å². The molecule has 2 aromatic carbocycles. The van der Waals surface area contributed by atoms with Gasteiger partial charge in [0, 0.05) is 44.0 Å². The highest BCUT2D eigenvalue weighted by atomic mass is 35.5. The van der Waals surface area contributed by atoms with Gasteiger partial charge in [0.15, 0.2) is 0 Å². The van der Waals surface area contributed by atoms with Gasteiger partial charge in [-0.3, -0.25) is 0 Å². The molecule has 1 aliphatic carbocycles. The summed E-state index contributed by atoms with van der Waals surface area (Å²) in [6.07, 6.45) is 3.31. The lowest BCUT2D eigenvalue weighted by atomic mass is 9.95. The number of aliphatic hydroxyl groups is 1. The molecule has 0 saturated heterocycles. The number of halogens is 1. The Morgan fingerprint density at radius 3 is 2.62 bits per heavy atom. The number of nitrogens with one attached hydrogen (secondary N) is 1. The number of hydrogen-bond acceptors (Lipinski definition) is 7. The fourth-order valence-corrected chi connectivity index (χ4v) is 4.59. The Hall–Kier alpha value is -3.62. The molecule has 0 amide bonds. The minimum absolute atomic E-state index is 0.207. The summed E-state index contributed by atoms with van der Waals surface area (Å²) in [7, 11) is 5.51. The summed E-state index contributed by atoms with van der Waals surface area (Å²) < 4.78 is 7.40. The molecule has 9 heteroatoms. The fraction of sp³-hybridized carbons (Fsp3) is 0.240. The average molecular weight is 477 g/mol. The molecule has 0 radical (unpaired) electrons. The maximum absolute atomic E-state index is 10.9. The maximum Gasteiger partial charge on any atom is 0.229 e. The van der Waals surface area contributed by atoms with E-state index in [-0.39, 0.29) is 5.92 Å². The van der Waals surface area contributed by atoms with Gasteiger partial charge in [-0.2, -0.15) is 4.98 Å². The molecular weight excluding hydrogens is 452 g/mol. The van der Waals surface area contributed by atoms with Crippen molar-refractivity contribution in [1.29, 1.82) is 0 Å². The monoisotopic (exact) mass is 476 g/mol. The zero-order valence-corrected chi connectivity index (χ0v) is 19.9. The summed E-state index contributed by atoms with van der Waals surface area (Å²) in [5, 5.41) is 14.6. The van der Waals surface area contributed by atoms with Crippen molar-refractivity contribution in [3.05, 3.63) is 83.0 Å². The molecule has 34 heavy (non-hydrogen) atoms. The smallest absolute Gasteiger partial charge is 0.229 e. The molecule has 1 aliphatic rings. The van der Waals surface area contributed by atoms with Crippen molar-refractivity contribution in [2.24, 2.45) is 0 Å². The zero-order chi connectivity index (χ0) is 23.8. The summed E-state index contributed by atoms with van der Waals surface area (Å²) in [6, 6.07) is 15.7. The van der Waals surface area contributed by atoms with Crippen LogP contribution in [0.2, 0.25) is 5.15 Å². The average Bonchev–Trinajstić information content (AvgIpc) is 3.41. The van der Waals surface area contributed by atoms with E-state index in [1.54, 1.807) is 24.2 Å². The number of benzene rings is 2. The third-order valence-corrected chi connectivity index (χ3v) is 6.15. The molecule has 2 heterocycles. The topological polar surface area (TPSA) is 88.3 Å². The van der Waals surface area contributed by atoms with Crippen molar-refractivity contribution in [3.63, 3.8) is 0 Å². The molecule has 174 valence electrons. The highest BCUT2D eigenvalue weighted by Gasteiger charge is 2.37. The third kappa shape index (κ3) is 4.06. The first-order valence-electron chi connectivity index (χ1n) is 10.9. The summed E-state index contributed by atoms with van der Waals surface area (Å²) in [4.78, 5) is 15.6. The number of aliphatic hydroxyl groups excluding tert-OH is 1. The van der Waals surface area contributed by atoms with Crippen molar-refractivity contribution in [1.82, 2.24) is 19.5 Å². The van der Waals surface area contributed by atoms with Crippen LogP contribution >= 0.6 is 11.6 Å². The van der Waals surface area contributed by atoms with Crippen LogP contribution in [-0.4, -0.2) is 51.9 Å². The second-order valence-corrected chi connectivity index (χ2v) is 8.79. The van der Waals surface area contributed by atoms with Gasteiger partial charge in [0.1, 0.15) is 23.0 Å². The summed E-state index contributed by atoms with van der Waals surface area (Å²) in [6.45, 7) is 0. The molecule has 2 unspecified atom stereocenters. The van der Waals surface area contributed by atoms with Crippen LogP contribution in [-0.2, 0) is 6.42 Å². The predicted molar refractivity (Wildman–Crippen MR) is 133 cm³/mol. The van der Waals surface area contributed by atoms with Crippen LogP contribution in [0, 0.1) is 0 Å². The Kier molecular flexibility index (Phi) is 5.85. The molecular formula is C25H25ClN6O2. The van der Waals surface area contributed by atoms with Gasteiger partial charge in [-0.25, -0.2) is 9.97 Å². The predicted octanol–water partition coefficient (Wildman–Crippen LogP) is 4.18. The van der Waals surface area contributed by atoms with Crippen LogP contribution in [0.3, 0.4) is 0 Å². The number of aromatic nitrogens is 4. The van der Waals surface area contributed by atoms with E-state index in [1.165, 1.54) is 0 Å². The second kappa shape index (κ2) is 8.96. The second-order valence-electron chi connectivity index (χ2n) is 8.40. The minimum atomic E-state index is -0.554. The molecule has 5 rings (SSSR count). The molecule has 0 spiro atoms. The number of ether oxygens (including phenoxy) is 1. The van der Waals surface area contributed by atoms with Crippen molar-refractivity contribution < 1.29 is 9.84 Å². The van der Waals surface area contributed by atoms with E-state index in [0.717, 1.165) is 34.0 Å². The first kappa shape index (κ1) is 22.2. The van der Waals surface area contributed by atoms with Gasteiger partial charge in [0.25, 0.3) is 0 Å². The molecule has 0 saturated carbocycles. The van der Waals surface area contributed by atoms with Crippen LogP contribution in [0.15, 0.2) is 61.1 Å². The molecule has 2 N–H and O–H groups in total. The molecule has 0 aliphatic heterocycles. The van der Waals surface area contributed by atoms with Crippen molar-refractivity contribution in [3.8, 4) is 11.4 Å². The fourth-order valence-electron chi connectivity index (χ4n) is 4.45. The van der Waals surface area contributed by atoms with E-state index in [9.17, 15) is 5.11 Å². The van der Waals surface area contributed by atoms with Crippen LogP contribution in [0.4, 0.5) is 17.5 Å². The van der Waals surface area contributed by atoms with Crippen LogP contribution in [0.1, 0.15) is 22.7 Å². The van der Waals surface area contributed by atoms with Gasteiger partial charge in [-0.15, -0.1) is 0 Å². The van der Waals surface area contributed by atoms with Crippen LogP contribution in [0.5, 0.6) is 5.75 Å². The molecule has 0 fully saturated rings. The number of imidazole rings is 1. The van der Waals surface area contributed by atoms with Crippen molar-refractivity contribution >= 4 is 29.1 Å². The highest BCUT2D eigenvalue weighted by molar-refractivity contribution is 6.29. The van der Waals surface area contributed by atoms with Crippen molar-refractivity contribution in [2.75, 3.05) is 31.4 Å². The number of hydrogen-bond donors (Lipinski definition) is 2. The Labute approximate surface area is 202 Å². The van der Waals surface area contributed by atoms with E-state index in [2.05, 4.69) is 10.3 Å². The SMILES string of the molecule is COc1cc(Nc2nc3c(c(N(C)C)n2)CC(O)C3c2ccccc2)ccc1-n1cnc(Cl)c1. The lowest BCUT2D eigenvalue weighted by molar-refractivity contribution is 0.169. The van der Waals surface area contributed by atoms with Gasteiger partial charge >= 0.3 is 0 Å². The number of rotatable bonds is 6. The number of nitrogens with zero attached hydrogens (tertiary/aromatic N) is 5. The Balaban J connectivity index is 1.53. The van der Waals surface area contributed by atoms with Gasteiger partial charge in [-0.05, 0) is 17.7 Å². The van der Waals surface area contributed by atoms with Crippen molar-refractivity contribution in [2.45, 2.75) is 18.4 Å². The van der Waals surface area contributed by atoms with E-state index in [4.69, 9.17) is 26.3 Å². The molecule has 2 atom stereocenters. The van der Waals surface area contributed by atoms with E-state index in [1.807, 2.05) is 67.5 Å². The third-order valence-electron chi connectivity index (χ3n) is 5.96. The van der Waals surface area contributed by atoms with Gasteiger partial charge in [-0.1, -0.05) is 41.9 Å². The normalized spacial score (nSPS) is 16.9. The molecule has 2 aromatic heterocycles.